The van der Waals surface area contributed by atoms with E-state index in [0.717, 1.165) is 29.4 Å². The maximum atomic E-state index is 14.9. The van der Waals surface area contributed by atoms with E-state index in [4.69, 9.17) is 11.6 Å². The molecule has 4 rings (SSSR count). The van der Waals surface area contributed by atoms with Crippen LogP contribution in [-0.4, -0.2) is 23.6 Å². The van der Waals surface area contributed by atoms with E-state index >= 15 is 0 Å². The van der Waals surface area contributed by atoms with E-state index in [1.54, 1.807) is 24.4 Å². The molecule has 0 aliphatic heterocycles. The van der Waals surface area contributed by atoms with Gasteiger partial charge in [0.05, 0.1) is 23.0 Å². The summed E-state index contributed by atoms with van der Waals surface area (Å²) in [6.07, 6.45) is -0.375. The largest absolute Gasteiger partial charge is 0.415 e. The minimum Gasteiger partial charge on any atom is -0.326 e. The van der Waals surface area contributed by atoms with Crippen LogP contribution < -0.4 is 27.2 Å². The number of rotatable bonds is 11. The zero-order chi connectivity index (χ0) is 28.2. The van der Waals surface area contributed by atoms with Crippen molar-refractivity contribution in [3.05, 3.63) is 99.9 Å². The first kappa shape index (κ1) is 28.4. The maximum Gasteiger partial charge on any atom is 0.415 e. The lowest BCUT2D eigenvalue weighted by molar-refractivity contribution is -0.113. The smallest absolute Gasteiger partial charge is 0.326 e. The number of hydrazine groups is 1. The minimum atomic E-state index is -4.81. The third-order valence-electron chi connectivity index (χ3n) is 6.17. The molecule has 1 amide bonds. The van der Waals surface area contributed by atoms with Crippen LogP contribution in [0.2, 0.25) is 0 Å². The number of amides is 1. The molecule has 0 saturated heterocycles. The lowest BCUT2D eigenvalue weighted by Crippen LogP contribution is -2.37. The second kappa shape index (κ2) is 12.1. The van der Waals surface area contributed by atoms with Crippen molar-refractivity contribution >= 4 is 28.6 Å². The number of hydrogen-bond acceptors (Lipinski definition) is 7. The van der Waals surface area contributed by atoms with Crippen LogP contribution in [0.5, 0.6) is 0 Å². The van der Waals surface area contributed by atoms with Gasteiger partial charge in [-0.2, -0.15) is 13.2 Å². The normalized spacial score (nSPS) is 14.7. The molecule has 7 nitrogen and oxygen atoms in total. The average molecular weight is 561 g/mol. The van der Waals surface area contributed by atoms with Crippen molar-refractivity contribution in [3.63, 3.8) is 0 Å². The number of nitrogens with zero attached hydrogens (tertiary/aromatic N) is 2. The Balaban J connectivity index is 1.65. The number of anilines is 2. The van der Waals surface area contributed by atoms with E-state index in [0.29, 0.717) is 23.1 Å². The monoisotopic (exact) mass is 560 g/mol. The van der Waals surface area contributed by atoms with Crippen LogP contribution in [0.1, 0.15) is 35.0 Å². The Morgan fingerprint density at radius 1 is 1.26 bits per heavy atom. The van der Waals surface area contributed by atoms with Crippen LogP contribution in [0.3, 0.4) is 0 Å². The van der Waals surface area contributed by atoms with Gasteiger partial charge in [0.1, 0.15) is 16.5 Å². The topological polar surface area (TPSA) is 109 Å². The molecule has 1 aromatic heterocycles. The highest BCUT2D eigenvalue weighted by Crippen LogP contribution is 2.32. The molecule has 3 aromatic rings. The number of nitrogens with two attached hydrogens (primary N) is 2. The SMILES string of the molecule is C=C(/C=C(/C(=O)Nc1cc(C(NCC2CC2)c2nccs2)ccc1F)N(N)c1cccc(CN)c1)C(F)(F)F. The molecule has 206 valence electrons. The van der Waals surface area contributed by atoms with Gasteiger partial charge in [-0.1, -0.05) is 24.8 Å². The van der Waals surface area contributed by atoms with Crippen LogP contribution in [0.4, 0.5) is 28.9 Å². The van der Waals surface area contributed by atoms with Crippen LogP contribution in [0.25, 0.3) is 0 Å². The quantitative estimate of drug-likeness (QED) is 0.0849. The van der Waals surface area contributed by atoms with Gasteiger partial charge in [-0.3, -0.25) is 9.80 Å². The first-order valence-corrected chi connectivity index (χ1v) is 13.0. The number of nitrogens with one attached hydrogen (secondary N) is 2. The van der Waals surface area contributed by atoms with Crippen LogP contribution >= 0.6 is 11.3 Å². The molecule has 1 heterocycles. The number of carbonyl (C=O) groups excluding carboxylic acids is 1. The molecular weight excluding hydrogens is 532 g/mol. The first-order chi connectivity index (χ1) is 18.6. The number of thiazole rings is 1. The van der Waals surface area contributed by atoms with Gasteiger partial charge in [0, 0.05) is 18.1 Å². The van der Waals surface area contributed by atoms with Gasteiger partial charge < -0.3 is 16.4 Å². The number of allylic oxidation sites excluding steroid dienone is 2. The predicted octanol–water partition coefficient (Wildman–Crippen LogP) is 5.15. The number of carbonyl (C=O) groups is 1. The highest BCUT2D eigenvalue weighted by Gasteiger charge is 2.32. The summed E-state index contributed by atoms with van der Waals surface area (Å²) < 4.78 is 54.9. The van der Waals surface area contributed by atoms with Crippen molar-refractivity contribution in [1.82, 2.24) is 10.3 Å². The number of halogens is 4. The van der Waals surface area contributed by atoms with Gasteiger partial charge in [-0.15, -0.1) is 11.3 Å². The fourth-order valence-corrected chi connectivity index (χ4v) is 4.54. The fraction of sp³-hybridized carbons (Fsp3) is 0.259. The second-order valence-electron chi connectivity index (χ2n) is 9.14. The molecule has 0 spiro atoms. The summed E-state index contributed by atoms with van der Waals surface area (Å²) in [4.78, 5) is 17.7. The maximum absolute atomic E-state index is 14.9. The zero-order valence-corrected chi connectivity index (χ0v) is 21.7. The van der Waals surface area contributed by atoms with Crippen molar-refractivity contribution in [1.29, 1.82) is 0 Å². The average Bonchev–Trinajstić information content (AvgIpc) is 3.58. The highest BCUT2D eigenvalue weighted by atomic mass is 32.1. The second-order valence-corrected chi connectivity index (χ2v) is 10.1. The van der Waals surface area contributed by atoms with Gasteiger partial charge in [-0.25, -0.2) is 15.2 Å². The molecular formula is C27H28F4N6OS. The number of alkyl halides is 3. The van der Waals surface area contributed by atoms with E-state index in [2.05, 4.69) is 22.2 Å². The highest BCUT2D eigenvalue weighted by molar-refractivity contribution is 7.09. The summed E-state index contributed by atoms with van der Waals surface area (Å²) >= 11 is 1.43. The Morgan fingerprint density at radius 3 is 2.67 bits per heavy atom. The van der Waals surface area contributed by atoms with Crippen LogP contribution in [0, 0.1) is 11.7 Å². The van der Waals surface area contributed by atoms with Crippen molar-refractivity contribution in [2.75, 3.05) is 16.9 Å². The van der Waals surface area contributed by atoms with Gasteiger partial charge in [0.15, 0.2) is 0 Å². The molecule has 1 unspecified atom stereocenters. The summed E-state index contributed by atoms with van der Waals surface area (Å²) in [7, 11) is 0. The Labute approximate surface area is 227 Å². The van der Waals surface area contributed by atoms with Gasteiger partial charge in [-0.05, 0) is 66.8 Å². The van der Waals surface area contributed by atoms with Crippen molar-refractivity contribution in [3.8, 4) is 0 Å². The summed E-state index contributed by atoms with van der Waals surface area (Å²) in [6.45, 7) is 3.91. The molecule has 1 aliphatic rings. The number of aromatic nitrogens is 1. The minimum absolute atomic E-state index is 0.148. The molecule has 39 heavy (non-hydrogen) atoms. The molecule has 2 aromatic carbocycles. The lowest BCUT2D eigenvalue weighted by atomic mass is 10.1. The summed E-state index contributed by atoms with van der Waals surface area (Å²) in [5, 5.41) is 9.19. The standard InChI is InChI=1S/C27H28F4N6OS/c1-16(27(29,30)31)11-23(37(33)20-4-2-3-18(12-20)14-32)25(38)36-22-13-19(7-8-21(22)28)24(26-34-9-10-39-26)35-15-17-5-6-17/h2-4,7-13,17,24,35H,1,5-6,14-15,32-33H2,(H,36,38)/b23-11-. The van der Waals surface area contributed by atoms with E-state index in [-0.39, 0.29) is 24.0 Å². The first-order valence-electron chi connectivity index (χ1n) is 12.1. The van der Waals surface area contributed by atoms with Crippen molar-refractivity contribution < 1.29 is 22.4 Å². The van der Waals surface area contributed by atoms with E-state index < -0.39 is 29.2 Å². The van der Waals surface area contributed by atoms with E-state index in [9.17, 15) is 22.4 Å². The van der Waals surface area contributed by atoms with E-state index in [1.807, 2.05) is 5.38 Å². The molecule has 12 heteroatoms. The molecule has 1 saturated carbocycles. The molecule has 0 radical (unpaired) electrons. The third kappa shape index (κ3) is 7.30. The van der Waals surface area contributed by atoms with E-state index in [1.165, 1.54) is 35.6 Å². The van der Waals surface area contributed by atoms with Crippen LogP contribution in [-0.2, 0) is 11.3 Å². The Hall–Kier alpha value is -3.58. The third-order valence-corrected chi connectivity index (χ3v) is 7.01. The van der Waals surface area contributed by atoms with Gasteiger partial charge in [0.25, 0.3) is 5.91 Å². The fourth-order valence-electron chi connectivity index (χ4n) is 3.80. The Bertz CT molecular complexity index is 1350. The molecule has 6 N–H and O–H groups in total. The Kier molecular flexibility index (Phi) is 8.80. The molecule has 1 aliphatic carbocycles. The Morgan fingerprint density at radius 2 is 2.03 bits per heavy atom. The summed E-state index contributed by atoms with van der Waals surface area (Å²) in [5.74, 6) is 4.84. The lowest BCUT2D eigenvalue weighted by Gasteiger charge is -2.23. The number of benzene rings is 2. The van der Waals surface area contributed by atoms with Crippen molar-refractivity contribution in [2.24, 2.45) is 17.5 Å². The van der Waals surface area contributed by atoms with Crippen LogP contribution in [0.15, 0.2) is 78.0 Å². The zero-order valence-electron chi connectivity index (χ0n) is 20.8. The predicted molar refractivity (Wildman–Crippen MR) is 144 cm³/mol. The molecule has 1 atom stereocenters. The number of hydrogen-bond donors (Lipinski definition) is 4. The molecule has 1 fully saturated rings. The summed E-state index contributed by atoms with van der Waals surface area (Å²) in [6, 6.07) is 10.2. The van der Waals surface area contributed by atoms with Crippen molar-refractivity contribution in [2.45, 2.75) is 31.6 Å². The van der Waals surface area contributed by atoms with Gasteiger partial charge >= 0.3 is 6.18 Å². The molecule has 0 bridgehead atoms. The van der Waals surface area contributed by atoms with Gasteiger partial charge in [0.2, 0.25) is 0 Å². The summed E-state index contributed by atoms with van der Waals surface area (Å²) in [5.41, 5.74) is 5.01.